The third kappa shape index (κ3) is 3.21. The van der Waals surface area contributed by atoms with E-state index >= 15 is 0 Å². The molecule has 4 nitrogen and oxygen atoms in total. The molecule has 140 valence electrons. The van der Waals surface area contributed by atoms with E-state index in [1.54, 1.807) is 7.11 Å². The molecule has 1 aromatic rings. The van der Waals surface area contributed by atoms with Gasteiger partial charge in [0.25, 0.3) is 0 Å². The van der Waals surface area contributed by atoms with Crippen LogP contribution in [0.1, 0.15) is 84.0 Å². The van der Waals surface area contributed by atoms with E-state index in [0.29, 0.717) is 0 Å². The molecule has 0 radical (unpaired) electrons. The van der Waals surface area contributed by atoms with Gasteiger partial charge in [0.1, 0.15) is 0 Å². The summed E-state index contributed by atoms with van der Waals surface area (Å²) in [7, 11) is 1.78. The van der Waals surface area contributed by atoms with Crippen LogP contribution >= 0.6 is 0 Å². The maximum absolute atomic E-state index is 6.44. The summed E-state index contributed by atoms with van der Waals surface area (Å²) in [6, 6.07) is 0.165. The van der Waals surface area contributed by atoms with E-state index in [-0.39, 0.29) is 17.1 Å². The van der Waals surface area contributed by atoms with Crippen LogP contribution in [0.4, 0.5) is 5.69 Å². The second-order valence-electron chi connectivity index (χ2n) is 9.45. The SMILES string of the molecule is COc1c(NC(C)(C)C)c2c(c3c1C(C)N(C(C)(C)C)O3)CCCC2. The summed E-state index contributed by atoms with van der Waals surface area (Å²) in [6.45, 7) is 15.4. The number of hydrogen-bond acceptors (Lipinski definition) is 4. The Hall–Kier alpha value is -1.42. The first kappa shape index (κ1) is 18.4. The van der Waals surface area contributed by atoms with E-state index in [9.17, 15) is 0 Å². The molecule has 0 spiro atoms. The van der Waals surface area contributed by atoms with E-state index in [1.807, 2.05) is 0 Å². The molecule has 3 rings (SSSR count). The molecule has 1 N–H and O–H groups in total. The maximum atomic E-state index is 6.44. The van der Waals surface area contributed by atoms with Crippen molar-refractivity contribution in [2.24, 2.45) is 0 Å². The first-order valence-corrected chi connectivity index (χ1v) is 9.55. The van der Waals surface area contributed by atoms with E-state index in [2.05, 4.69) is 58.8 Å². The molecule has 0 amide bonds. The molecular formula is C21H34N2O2. The number of nitrogens with zero attached hydrogens (tertiary/aromatic N) is 1. The standard InChI is InChI=1S/C21H34N2O2/c1-13-16-18(25-23(13)21(5,6)7)15-12-10-9-11-14(15)17(19(16)24-8)22-20(2,3)4/h13,22H,9-12H2,1-8H3. The molecule has 2 aliphatic rings. The molecule has 1 heterocycles. The first-order chi connectivity index (χ1) is 11.5. The van der Waals surface area contributed by atoms with Crippen LogP contribution in [-0.2, 0) is 12.8 Å². The lowest BCUT2D eigenvalue weighted by molar-refractivity contribution is -0.134. The summed E-state index contributed by atoms with van der Waals surface area (Å²) in [5, 5.41) is 5.85. The van der Waals surface area contributed by atoms with E-state index in [1.165, 1.54) is 35.2 Å². The van der Waals surface area contributed by atoms with Crippen molar-refractivity contribution in [1.82, 2.24) is 5.06 Å². The number of ether oxygens (including phenoxy) is 1. The van der Waals surface area contributed by atoms with Crippen molar-refractivity contribution in [2.45, 2.75) is 91.3 Å². The van der Waals surface area contributed by atoms with Gasteiger partial charge in [-0.05, 0) is 79.7 Å². The molecule has 1 atom stereocenters. The Morgan fingerprint density at radius 2 is 1.64 bits per heavy atom. The lowest BCUT2D eigenvalue weighted by Crippen LogP contribution is -2.42. The quantitative estimate of drug-likeness (QED) is 0.792. The number of hydrogen-bond donors (Lipinski definition) is 1. The molecule has 1 aromatic carbocycles. The second-order valence-corrected chi connectivity index (χ2v) is 9.45. The van der Waals surface area contributed by atoms with Crippen molar-refractivity contribution in [1.29, 1.82) is 0 Å². The largest absolute Gasteiger partial charge is 0.494 e. The van der Waals surface area contributed by atoms with Gasteiger partial charge in [0, 0.05) is 16.6 Å². The van der Waals surface area contributed by atoms with Crippen molar-refractivity contribution in [2.75, 3.05) is 12.4 Å². The van der Waals surface area contributed by atoms with Gasteiger partial charge in [-0.25, -0.2) is 0 Å². The normalized spacial score (nSPS) is 20.7. The van der Waals surface area contributed by atoms with Gasteiger partial charge in [-0.1, -0.05) is 0 Å². The highest BCUT2D eigenvalue weighted by atomic mass is 16.7. The van der Waals surface area contributed by atoms with Crippen molar-refractivity contribution < 1.29 is 9.57 Å². The number of benzene rings is 1. The third-order valence-electron chi connectivity index (χ3n) is 5.08. The van der Waals surface area contributed by atoms with E-state index in [0.717, 1.165) is 24.3 Å². The molecule has 0 bridgehead atoms. The summed E-state index contributed by atoms with van der Waals surface area (Å²) in [6.07, 6.45) is 4.64. The highest BCUT2D eigenvalue weighted by Gasteiger charge is 2.43. The topological polar surface area (TPSA) is 33.7 Å². The summed E-state index contributed by atoms with van der Waals surface area (Å²) in [4.78, 5) is 6.44. The van der Waals surface area contributed by atoms with Gasteiger partial charge in [0.05, 0.1) is 24.4 Å². The van der Waals surface area contributed by atoms with E-state index in [4.69, 9.17) is 9.57 Å². The number of methoxy groups -OCH3 is 1. The minimum absolute atomic E-state index is 0.0147. The van der Waals surface area contributed by atoms with Crippen LogP contribution in [0, 0.1) is 0 Å². The average molecular weight is 347 g/mol. The van der Waals surface area contributed by atoms with Crippen molar-refractivity contribution in [3.05, 3.63) is 16.7 Å². The number of anilines is 1. The smallest absolute Gasteiger partial charge is 0.159 e. The molecule has 0 saturated carbocycles. The Labute approximate surface area is 152 Å². The van der Waals surface area contributed by atoms with Crippen LogP contribution in [-0.4, -0.2) is 23.3 Å². The van der Waals surface area contributed by atoms with Gasteiger partial charge in [-0.2, -0.15) is 0 Å². The van der Waals surface area contributed by atoms with Gasteiger partial charge < -0.3 is 14.9 Å². The van der Waals surface area contributed by atoms with Gasteiger partial charge in [0.15, 0.2) is 11.5 Å². The van der Waals surface area contributed by atoms with Crippen LogP contribution in [0.25, 0.3) is 0 Å². The average Bonchev–Trinajstić information content (AvgIpc) is 2.84. The first-order valence-electron chi connectivity index (χ1n) is 9.55. The van der Waals surface area contributed by atoms with Crippen LogP contribution in [0.2, 0.25) is 0 Å². The van der Waals surface area contributed by atoms with Crippen molar-refractivity contribution >= 4 is 5.69 Å². The second kappa shape index (κ2) is 6.08. The van der Waals surface area contributed by atoms with E-state index < -0.39 is 0 Å². The monoisotopic (exact) mass is 346 g/mol. The van der Waals surface area contributed by atoms with Crippen LogP contribution < -0.4 is 14.9 Å². The molecule has 0 fully saturated rings. The highest BCUT2D eigenvalue weighted by Crippen LogP contribution is 2.54. The van der Waals surface area contributed by atoms with Gasteiger partial charge in [0.2, 0.25) is 0 Å². The summed E-state index contributed by atoms with van der Waals surface area (Å²) in [5.74, 6) is 2.01. The molecule has 0 aromatic heterocycles. The Morgan fingerprint density at radius 3 is 2.16 bits per heavy atom. The number of hydroxylamine groups is 2. The lowest BCUT2D eigenvalue weighted by Gasteiger charge is -2.33. The number of nitrogens with one attached hydrogen (secondary N) is 1. The zero-order valence-corrected chi connectivity index (χ0v) is 17.2. The summed E-state index contributed by atoms with van der Waals surface area (Å²) < 4.78 is 5.96. The Bertz CT molecular complexity index is 668. The Balaban J connectivity index is 2.23. The molecule has 25 heavy (non-hydrogen) atoms. The van der Waals surface area contributed by atoms with Crippen molar-refractivity contribution in [3.63, 3.8) is 0 Å². The highest BCUT2D eigenvalue weighted by molar-refractivity contribution is 5.74. The Kier molecular flexibility index (Phi) is 4.47. The van der Waals surface area contributed by atoms with Gasteiger partial charge in [-0.3, -0.25) is 0 Å². The molecule has 1 aliphatic carbocycles. The minimum Gasteiger partial charge on any atom is -0.494 e. The fourth-order valence-electron chi connectivity index (χ4n) is 4.18. The fraction of sp³-hybridized carbons (Fsp3) is 0.714. The number of rotatable bonds is 2. The summed E-state index contributed by atoms with van der Waals surface area (Å²) in [5.41, 5.74) is 5.06. The molecule has 4 heteroatoms. The maximum Gasteiger partial charge on any atom is 0.159 e. The fourth-order valence-corrected chi connectivity index (χ4v) is 4.18. The number of fused-ring (bicyclic) bond motifs is 3. The van der Waals surface area contributed by atoms with Gasteiger partial charge in [-0.15, -0.1) is 5.06 Å². The van der Waals surface area contributed by atoms with Crippen LogP contribution in [0.5, 0.6) is 11.5 Å². The molecular weight excluding hydrogens is 312 g/mol. The molecule has 0 saturated heterocycles. The van der Waals surface area contributed by atoms with Crippen LogP contribution in [0.15, 0.2) is 0 Å². The zero-order valence-electron chi connectivity index (χ0n) is 17.2. The summed E-state index contributed by atoms with van der Waals surface area (Å²) >= 11 is 0. The van der Waals surface area contributed by atoms with Crippen LogP contribution in [0.3, 0.4) is 0 Å². The lowest BCUT2D eigenvalue weighted by atomic mass is 9.85. The predicted molar refractivity (Wildman–Crippen MR) is 104 cm³/mol. The van der Waals surface area contributed by atoms with Crippen molar-refractivity contribution in [3.8, 4) is 11.5 Å². The van der Waals surface area contributed by atoms with Gasteiger partial charge >= 0.3 is 0 Å². The third-order valence-corrected chi connectivity index (χ3v) is 5.08. The zero-order chi connectivity index (χ0) is 18.6. The predicted octanol–water partition coefficient (Wildman–Crippen LogP) is 5.25. The Morgan fingerprint density at radius 1 is 1.04 bits per heavy atom. The molecule has 1 aliphatic heterocycles. The minimum atomic E-state index is -0.0668. The molecule has 1 unspecified atom stereocenters.